The topological polar surface area (TPSA) is 37.6 Å². The van der Waals surface area contributed by atoms with Crippen molar-refractivity contribution in [1.82, 2.24) is 14.3 Å². The summed E-state index contributed by atoms with van der Waals surface area (Å²) in [4.78, 5) is 19.7. The van der Waals surface area contributed by atoms with E-state index in [9.17, 15) is 4.79 Å². The van der Waals surface area contributed by atoms with Crippen LogP contribution in [-0.4, -0.2) is 14.3 Å². The van der Waals surface area contributed by atoms with Crippen molar-refractivity contribution >= 4 is 5.65 Å². The second-order valence-corrected chi connectivity index (χ2v) is 7.59. The first kappa shape index (κ1) is 19.1. The highest BCUT2D eigenvalue weighted by molar-refractivity contribution is 5.46. The molecule has 4 aromatic rings. The summed E-state index contributed by atoms with van der Waals surface area (Å²) in [6.45, 7) is 6.29. The number of hydrogen-bond acceptors (Lipinski definition) is 3. The lowest BCUT2D eigenvalue weighted by molar-refractivity contribution is 0.244. The Bertz CT molecular complexity index is 1160. The summed E-state index contributed by atoms with van der Waals surface area (Å²) in [5, 5.41) is 0. The zero-order valence-corrected chi connectivity index (χ0v) is 16.9. The minimum absolute atomic E-state index is 0.0382. The van der Waals surface area contributed by atoms with Crippen molar-refractivity contribution in [2.45, 2.75) is 33.5 Å². The van der Waals surface area contributed by atoms with Gasteiger partial charge in [-0.3, -0.25) is 14.1 Å². The number of nitrogens with zero attached hydrogens (tertiary/aromatic N) is 3. The first-order valence-electron chi connectivity index (χ1n) is 9.88. The quantitative estimate of drug-likeness (QED) is 0.491. The van der Waals surface area contributed by atoms with Gasteiger partial charge >= 0.3 is 0 Å². The highest BCUT2D eigenvalue weighted by Crippen LogP contribution is 2.15. The van der Waals surface area contributed by atoms with Crippen molar-refractivity contribution in [2.24, 2.45) is 0 Å². The van der Waals surface area contributed by atoms with Gasteiger partial charge in [-0.15, -0.1) is 0 Å². The van der Waals surface area contributed by atoms with Crippen LogP contribution in [0.2, 0.25) is 0 Å². The van der Waals surface area contributed by atoms with Gasteiger partial charge in [0.15, 0.2) is 0 Å². The van der Waals surface area contributed by atoms with E-state index < -0.39 is 0 Å². The van der Waals surface area contributed by atoms with Gasteiger partial charge in [-0.25, -0.2) is 4.98 Å². The molecule has 0 N–H and O–H groups in total. The third-order valence-electron chi connectivity index (χ3n) is 5.10. The molecule has 2 aromatic heterocycles. The molecule has 0 unspecified atom stereocenters. The van der Waals surface area contributed by atoms with Crippen molar-refractivity contribution in [3.8, 4) is 0 Å². The van der Waals surface area contributed by atoms with E-state index in [1.807, 2.05) is 25.1 Å². The van der Waals surface area contributed by atoms with Crippen molar-refractivity contribution in [3.05, 3.63) is 117 Å². The Balaban J connectivity index is 1.65. The molecule has 0 atom stereocenters. The second-order valence-electron chi connectivity index (χ2n) is 7.59. The molecule has 4 rings (SSSR count). The first-order chi connectivity index (χ1) is 14.1. The normalized spacial score (nSPS) is 11.3. The standard InChI is InChI=1S/C25H25N3O/c1-19-10-12-22(13-11-19)17-27(16-21-8-4-3-5-9-21)18-23-15-24(29)28-14-6-7-20(2)25(28)26-23/h3-15H,16-18H2,1-2H3. The average Bonchev–Trinajstić information content (AvgIpc) is 2.71. The van der Waals surface area contributed by atoms with Crippen LogP contribution in [0.4, 0.5) is 0 Å². The molecule has 0 aliphatic heterocycles. The Hall–Kier alpha value is -3.24. The number of benzene rings is 2. The van der Waals surface area contributed by atoms with E-state index in [1.54, 1.807) is 16.7 Å². The highest BCUT2D eigenvalue weighted by Gasteiger charge is 2.12. The summed E-state index contributed by atoms with van der Waals surface area (Å²) in [6, 6.07) is 24.5. The first-order valence-corrected chi connectivity index (χ1v) is 9.88. The fourth-order valence-electron chi connectivity index (χ4n) is 3.58. The summed E-state index contributed by atoms with van der Waals surface area (Å²) in [6.07, 6.45) is 1.77. The Morgan fingerprint density at radius 3 is 2.24 bits per heavy atom. The van der Waals surface area contributed by atoms with Crippen molar-refractivity contribution < 1.29 is 0 Å². The largest absolute Gasteiger partial charge is 0.289 e. The predicted molar refractivity (Wildman–Crippen MR) is 117 cm³/mol. The van der Waals surface area contributed by atoms with Gasteiger partial charge in [0, 0.05) is 31.9 Å². The van der Waals surface area contributed by atoms with Crippen molar-refractivity contribution in [1.29, 1.82) is 0 Å². The molecule has 4 heteroatoms. The number of hydrogen-bond donors (Lipinski definition) is 0. The molecule has 0 saturated heterocycles. The van der Waals surface area contributed by atoms with Crippen LogP contribution in [0.3, 0.4) is 0 Å². The molecule has 4 nitrogen and oxygen atoms in total. The Labute approximate surface area is 171 Å². The summed E-state index contributed by atoms with van der Waals surface area (Å²) >= 11 is 0. The Morgan fingerprint density at radius 1 is 0.828 bits per heavy atom. The van der Waals surface area contributed by atoms with E-state index in [0.717, 1.165) is 30.0 Å². The van der Waals surface area contributed by atoms with Crippen LogP contribution in [-0.2, 0) is 19.6 Å². The lowest BCUT2D eigenvalue weighted by Gasteiger charge is -2.22. The van der Waals surface area contributed by atoms with Crippen LogP contribution in [0.15, 0.2) is 83.8 Å². The molecule has 0 spiro atoms. The maximum atomic E-state index is 12.6. The van der Waals surface area contributed by atoms with Crippen LogP contribution in [0, 0.1) is 13.8 Å². The van der Waals surface area contributed by atoms with Crippen LogP contribution in [0.25, 0.3) is 5.65 Å². The van der Waals surface area contributed by atoms with Gasteiger partial charge in [0.2, 0.25) is 0 Å². The number of aryl methyl sites for hydroxylation is 2. The lowest BCUT2D eigenvalue weighted by Crippen LogP contribution is -2.25. The van der Waals surface area contributed by atoms with Gasteiger partial charge in [0.1, 0.15) is 5.65 Å². The van der Waals surface area contributed by atoms with Gasteiger partial charge in [-0.2, -0.15) is 0 Å². The van der Waals surface area contributed by atoms with Crippen LogP contribution < -0.4 is 5.56 Å². The van der Waals surface area contributed by atoms with Crippen LogP contribution in [0.5, 0.6) is 0 Å². The zero-order chi connectivity index (χ0) is 20.2. The van der Waals surface area contributed by atoms with Gasteiger partial charge < -0.3 is 0 Å². The summed E-state index contributed by atoms with van der Waals surface area (Å²) in [5.74, 6) is 0. The van der Waals surface area contributed by atoms with E-state index in [-0.39, 0.29) is 5.56 Å². The van der Waals surface area contributed by atoms with E-state index in [2.05, 4.69) is 60.4 Å². The van der Waals surface area contributed by atoms with E-state index in [4.69, 9.17) is 4.98 Å². The molecule has 146 valence electrons. The fourth-order valence-corrected chi connectivity index (χ4v) is 3.58. The summed E-state index contributed by atoms with van der Waals surface area (Å²) < 4.78 is 1.61. The Morgan fingerprint density at radius 2 is 1.52 bits per heavy atom. The minimum Gasteiger partial charge on any atom is -0.289 e. The predicted octanol–water partition coefficient (Wildman–Crippen LogP) is 4.51. The molecular formula is C25H25N3O. The van der Waals surface area contributed by atoms with Gasteiger partial charge in [0.05, 0.1) is 5.69 Å². The second kappa shape index (κ2) is 8.41. The maximum absolute atomic E-state index is 12.6. The molecular weight excluding hydrogens is 358 g/mol. The highest BCUT2D eigenvalue weighted by atomic mass is 16.1. The van der Waals surface area contributed by atoms with Crippen LogP contribution >= 0.6 is 0 Å². The number of rotatable bonds is 6. The minimum atomic E-state index is -0.0382. The van der Waals surface area contributed by atoms with E-state index in [0.29, 0.717) is 6.54 Å². The SMILES string of the molecule is Cc1ccc(CN(Cc2ccccc2)Cc2cc(=O)n3cccc(C)c3n2)cc1. The summed E-state index contributed by atoms with van der Waals surface area (Å²) in [7, 11) is 0. The zero-order valence-electron chi connectivity index (χ0n) is 16.9. The summed E-state index contributed by atoms with van der Waals surface area (Å²) in [5.41, 5.74) is 6.23. The number of pyridine rings is 1. The van der Waals surface area contributed by atoms with Gasteiger partial charge in [-0.05, 0) is 36.6 Å². The number of aromatic nitrogens is 2. The van der Waals surface area contributed by atoms with E-state index >= 15 is 0 Å². The third kappa shape index (κ3) is 4.61. The van der Waals surface area contributed by atoms with Crippen molar-refractivity contribution in [3.63, 3.8) is 0 Å². The van der Waals surface area contributed by atoms with E-state index in [1.165, 1.54) is 16.7 Å². The smallest absolute Gasteiger partial charge is 0.258 e. The fraction of sp³-hybridized carbons (Fsp3) is 0.200. The molecule has 0 aliphatic rings. The molecule has 29 heavy (non-hydrogen) atoms. The third-order valence-corrected chi connectivity index (χ3v) is 5.10. The van der Waals surface area contributed by atoms with Gasteiger partial charge in [-0.1, -0.05) is 66.2 Å². The van der Waals surface area contributed by atoms with Gasteiger partial charge in [0.25, 0.3) is 5.56 Å². The van der Waals surface area contributed by atoms with Crippen molar-refractivity contribution in [2.75, 3.05) is 0 Å². The molecule has 0 amide bonds. The molecule has 0 bridgehead atoms. The molecule has 2 aromatic carbocycles. The maximum Gasteiger partial charge on any atom is 0.258 e. The monoisotopic (exact) mass is 383 g/mol. The molecule has 0 fully saturated rings. The molecule has 0 aliphatic carbocycles. The molecule has 0 saturated carbocycles. The molecule has 2 heterocycles. The number of fused-ring (bicyclic) bond motifs is 1. The van der Waals surface area contributed by atoms with Crippen LogP contribution in [0.1, 0.15) is 27.9 Å². The lowest BCUT2D eigenvalue weighted by atomic mass is 10.1. The molecule has 0 radical (unpaired) electrons. The Kier molecular flexibility index (Phi) is 5.54. The average molecular weight is 383 g/mol.